The summed E-state index contributed by atoms with van der Waals surface area (Å²) in [4.78, 5) is 0. The first-order chi connectivity index (χ1) is 19.2. The van der Waals surface area contributed by atoms with Gasteiger partial charge in [0.1, 0.15) is 60.3 Å². The van der Waals surface area contributed by atoms with Crippen LogP contribution >= 0.6 is 0 Å². The maximum absolute atomic E-state index is 10.3. The smallest absolute Gasteiger partial charge is 0.229 e. The lowest BCUT2D eigenvalue weighted by Gasteiger charge is -2.39. The molecule has 4 rings (SSSR count). The van der Waals surface area contributed by atoms with Gasteiger partial charge in [0.15, 0.2) is 0 Å². The Labute approximate surface area is 228 Å². The number of hydrogen-bond acceptors (Lipinski definition) is 14. The maximum Gasteiger partial charge on any atom is 0.229 e. The number of aliphatic hydroxyl groups excluding tert-OH is 8. The van der Waals surface area contributed by atoms with Crippen molar-refractivity contribution in [3.63, 3.8) is 0 Å². The fraction of sp³-hybridized carbons (Fsp3) is 0.462. The van der Waals surface area contributed by atoms with Gasteiger partial charge in [-0.25, -0.2) is 0 Å². The lowest BCUT2D eigenvalue weighted by Crippen LogP contribution is -2.60. The molecule has 0 radical (unpaired) electrons. The van der Waals surface area contributed by atoms with Crippen molar-refractivity contribution < 1.29 is 59.8 Å². The van der Waals surface area contributed by atoms with Gasteiger partial charge in [-0.2, -0.15) is 10.2 Å². The molecule has 0 saturated carbocycles. The largest absolute Gasteiger partial charge is 0.461 e. The van der Waals surface area contributed by atoms with Crippen molar-refractivity contribution in [1.29, 1.82) is 0 Å². The normalized spacial score (nSPS) is 34.8. The predicted octanol–water partition coefficient (Wildman–Crippen LogP) is -2.50. The minimum absolute atomic E-state index is 0.220. The van der Waals surface area contributed by atoms with Crippen molar-refractivity contribution in [3.05, 3.63) is 59.7 Å². The van der Waals surface area contributed by atoms with Crippen molar-refractivity contribution >= 4 is 12.4 Å². The Morgan fingerprint density at radius 3 is 1.32 bits per heavy atom. The van der Waals surface area contributed by atoms with Crippen molar-refractivity contribution in [2.45, 2.75) is 61.4 Å². The molecule has 0 unspecified atom stereocenters. The van der Waals surface area contributed by atoms with Crippen LogP contribution in [0, 0.1) is 0 Å². The van der Waals surface area contributed by atoms with Crippen molar-refractivity contribution in [3.8, 4) is 11.5 Å². The van der Waals surface area contributed by atoms with Crippen LogP contribution in [-0.2, 0) is 9.47 Å². The molecule has 218 valence electrons. The molecule has 0 amide bonds. The Kier molecular flexibility index (Phi) is 10.2. The van der Waals surface area contributed by atoms with Gasteiger partial charge >= 0.3 is 0 Å². The minimum Gasteiger partial charge on any atom is -0.461 e. The first kappa shape index (κ1) is 30.0. The second-order valence-electron chi connectivity index (χ2n) is 9.20. The zero-order valence-electron chi connectivity index (χ0n) is 21.1. The van der Waals surface area contributed by atoms with Crippen LogP contribution < -0.4 is 9.47 Å². The highest BCUT2D eigenvalue weighted by Gasteiger charge is 2.46. The molecule has 0 bridgehead atoms. The number of ether oxygens (including phenoxy) is 4. The van der Waals surface area contributed by atoms with E-state index in [1.54, 1.807) is 48.5 Å². The fourth-order valence-electron chi connectivity index (χ4n) is 4.16. The summed E-state index contributed by atoms with van der Waals surface area (Å²) in [6, 6.07) is 13.2. The molecular formula is C26H32N2O12. The Hall–Kier alpha value is -3.02. The zero-order chi connectivity index (χ0) is 28.8. The van der Waals surface area contributed by atoms with Gasteiger partial charge in [-0.05, 0) is 24.3 Å². The van der Waals surface area contributed by atoms with E-state index in [1.165, 1.54) is 12.4 Å². The van der Waals surface area contributed by atoms with Gasteiger partial charge in [-0.1, -0.05) is 24.3 Å². The summed E-state index contributed by atoms with van der Waals surface area (Å²) in [6.07, 6.45) is -11.7. The lowest BCUT2D eigenvalue weighted by molar-refractivity contribution is -0.277. The monoisotopic (exact) mass is 564 g/mol. The van der Waals surface area contributed by atoms with E-state index in [9.17, 15) is 40.9 Å². The number of para-hydroxylation sites is 2. The molecule has 2 heterocycles. The summed E-state index contributed by atoms with van der Waals surface area (Å²) < 4.78 is 22.2. The number of nitrogens with zero attached hydrogens (tertiary/aromatic N) is 2. The fourth-order valence-corrected chi connectivity index (χ4v) is 4.16. The summed E-state index contributed by atoms with van der Waals surface area (Å²) in [5, 5.41) is 87.2. The van der Waals surface area contributed by atoms with Gasteiger partial charge in [0.2, 0.25) is 12.6 Å². The Balaban J connectivity index is 1.45. The van der Waals surface area contributed by atoms with Crippen LogP contribution in [-0.4, -0.2) is 128 Å². The predicted molar refractivity (Wildman–Crippen MR) is 137 cm³/mol. The summed E-state index contributed by atoms with van der Waals surface area (Å²) in [5.74, 6) is 0.439. The summed E-state index contributed by atoms with van der Waals surface area (Å²) >= 11 is 0. The molecule has 2 aliphatic rings. The molecule has 14 nitrogen and oxygen atoms in total. The topological polar surface area (TPSA) is 223 Å². The van der Waals surface area contributed by atoms with Crippen molar-refractivity contribution in [1.82, 2.24) is 0 Å². The minimum atomic E-state index is -1.59. The highest BCUT2D eigenvalue weighted by Crippen LogP contribution is 2.27. The third-order valence-corrected chi connectivity index (χ3v) is 6.48. The van der Waals surface area contributed by atoms with Crippen LogP contribution in [0.25, 0.3) is 0 Å². The first-order valence-corrected chi connectivity index (χ1v) is 12.4. The average molecular weight is 565 g/mol. The highest BCUT2D eigenvalue weighted by atomic mass is 16.7. The molecule has 2 saturated heterocycles. The standard InChI is InChI=1S/C26H32N2O12/c29-11-17-19(31)21(33)23(35)25(39-17)37-15-7-3-1-5-13(15)9-27-28-10-14-6-2-4-8-16(14)38-26-24(36)22(34)20(32)18(12-30)40-26/h1-10,17-26,29-36H,11-12H2/b27-9+,28-10+/t17-,18+,19+,20-,21+,22-,23-,24+,25+,26-. The zero-order valence-corrected chi connectivity index (χ0v) is 21.1. The second kappa shape index (κ2) is 13.6. The molecule has 2 aromatic rings. The summed E-state index contributed by atoms with van der Waals surface area (Å²) in [6.45, 7) is -1.19. The van der Waals surface area contributed by atoms with Crippen LogP contribution in [0.5, 0.6) is 11.5 Å². The van der Waals surface area contributed by atoms with Crippen molar-refractivity contribution in [2.75, 3.05) is 13.2 Å². The summed E-state index contributed by atoms with van der Waals surface area (Å²) in [5.41, 5.74) is 0.866. The summed E-state index contributed by atoms with van der Waals surface area (Å²) in [7, 11) is 0. The molecule has 14 heteroatoms. The molecule has 0 aromatic heterocycles. The van der Waals surface area contributed by atoms with Crippen molar-refractivity contribution in [2.24, 2.45) is 10.2 Å². The first-order valence-electron chi connectivity index (χ1n) is 12.4. The van der Waals surface area contributed by atoms with E-state index < -0.39 is 74.6 Å². The third kappa shape index (κ3) is 6.64. The number of benzene rings is 2. The van der Waals surface area contributed by atoms with Gasteiger partial charge in [-0.3, -0.25) is 0 Å². The quantitative estimate of drug-likeness (QED) is 0.117. The molecular weight excluding hydrogens is 532 g/mol. The Morgan fingerprint density at radius 1 is 0.575 bits per heavy atom. The maximum atomic E-state index is 10.3. The van der Waals surface area contributed by atoms with E-state index in [0.29, 0.717) is 11.1 Å². The van der Waals surface area contributed by atoms with Gasteiger partial charge in [0.05, 0.1) is 25.6 Å². The van der Waals surface area contributed by atoms with Crippen LogP contribution in [0.2, 0.25) is 0 Å². The Bertz CT molecular complexity index is 1070. The molecule has 10 atom stereocenters. The van der Waals surface area contributed by atoms with E-state index in [0.717, 1.165) is 0 Å². The molecule has 2 aromatic carbocycles. The van der Waals surface area contributed by atoms with Gasteiger partial charge in [-0.15, -0.1) is 0 Å². The molecule has 40 heavy (non-hydrogen) atoms. The van der Waals surface area contributed by atoms with E-state index >= 15 is 0 Å². The van der Waals surface area contributed by atoms with Crippen LogP contribution in [0.4, 0.5) is 0 Å². The van der Waals surface area contributed by atoms with E-state index in [2.05, 4.69) is 10.2 Å². The number of rotatable bonds is 9. The van der Waals surface area contributed by atoms with Gasteiger partial charge in [0, 0.05) is 11.1 Å². The highest BCUT2D eigenvalue weighted by molar-refractivity contribution is 5.86. The molecule has 2 aliphatic heterocycles. The average Bonchev–Trinajstić information content (AvgIpc) is 2.97. The lowest BCUT2D eigenvalue weighted by atomic mass is 9.99. The van der Waals surface area contributed by atoms with E-state index in [4.69, 9.17) is 18.9 Å². The van der Waals surface area contributed by atoms with E-state index in [-0.39, 0.29) is 11.5 Å². The van der Waals surface area contributed by atoms with Gasteiger partial charge < -0.3 is 59.8 Å². The SMILES string of the molecule is OC[C@@H]1O[C@@H](Oc2ccccc2/C=N/N=C/c2ccccc2O[C@H]2O[C@H](CO)[C@H](O)[C@H](O)[C@H]2O)[C@@H](O)[C@H](O)[C@@H]1O. The molecule has 2 fully saturated rings. The third-order valence-electron chi connectivity index (χ3n) is 6.48. The molecule has 0 aliphatic carbocycles. The second-order valence-corrected chi connectivity index (χ2v) is 9.20. The molecule has 8 N–H and O–H groups in total. The van der Waals surface area contributed by atoms with Gasteiger partial charge in [0.25, 0.3) is 0 Å². The molecule has 0 spiro atoms. The van der Waals surface area contributed by atoms with Crippen LogP contribution in [0.3, 0.4) is 0 Å². The number of aliphatic hydroxyl groups is 8. The van der Waals surface area contributed by atoms with Crippen LogP contribution in [0.1, 0.15) is 11.1 Å². The van der Waals surface area contributed by atoms with Crippen LogP contribution in [0.15, 0.2) is 58.7 Å². The Morgan fingerprint density at radius 2 is 0.950 bits per heavy atom. The number of hydrogen-bond donors (Lipinski definition) is 8. The van der Waals surface area contributed by atoms with E-state index in [1.807, 2.05) is 0 Å².